The van der Waals surface area contributed by atoms with Gasteiger partial charge in [-0.1, -0.05) is 28.1 Å². The highest BCUT2D eigenvalue weighted by atomic mass is 127. The molecule has 0 saturated heterocycles. The Morgan fingerprint density at radius 1 is 1.15 bits per heavy atom. The molecule has 2 nitrogen and oxygen atoms in total. The van der Waals surface area contributed by atoms with E-state index in [-0.39, 0.29) is 5.91 Å². The molecule has 2 aromatic rings. The number of alkyl halides is 1. The molecule has 0 aliphatic heterocycles. The van der Waals surface area contributed by atoms with E-state index in [2.05, 4.69) is 59.8 Å². The van der Waals surface area contributed by atoms with Crippen LogP contribution in [-0.4, -0.2) is 11.2 Å². The normalized spacial score (nSPS) is 10.3. The number of hydrogen-bond acceptors (Lipinski definition) is 1. The van der Waals surface area contributed by atoms with Gasteiger partial charge >= 0.3 is 0 Å². The number of rotatable bonds is 4. The van der Waals surface area contributed by atoms with E-state index in [4.69, 9.17) is 0 Å². The van der Waals surface area contributed by atoms with Crippen molar-refractivity contribution in [1.29, 1.82) is 0 Å². The summed E-state index contributed by atoms with van der Waals surface area (Å²) in [5.74, 6) is -0.108. The summed E-state index contributed by atoms with van der Waals surface area (Å²) in [5.41, 5.74) is 2.69. The first-order chi connectivity index (χ1) is 9.60. The van der Waals surface area contributed by atoms with Crippen LogP contribution >= 0.6 is 54.5 Å². The number of carbonyl (C=O) groups excluding carboxylic acids is 1. The molecule has 0 radical (unpaired) electrons. The SMILES string of the molecule is O=C(Nc1ccc(CCBr)cc1)c1cc(I)ccc1Br. The number of benzene rings is 2. The molecule has 2 aromatic carbocycles. The molecule has 0 saturated carbocycles. The van der Waals surface area contributed by atoms with Gasteiger partial charge in [0.15, 0.2) is 0 Å². The van der Waals surface area contributed by atoms with Crippen LogP contribution in [0.2, 0.25) is 0 Å². The van der Waals surface area contributed by atoms with Crippen LogP contribution in [0.15, 0.2) is 46.9 Å². The van der Waals surface area contributed by atoms with Gasteiger partial charge < -0.3 is 5.32 Å². The fraction of sp³-hybridized carbons (Fsp3) is 0.133. The number of halogens is 3. The van der Waals surface area contributed by atoms with E-state index in [1.54, 1.807) is 0 Å². The second-order valence-corrected chi connectivity index (χ2v) is 7.11. The molecule has 2 rings (SSSR count). The van der Waals surface area contributed by atoms with E-state index in [1.165, 1.54) is 5.56 Å². The summed E-state index contributed by atoms with van der Waals surface area (Å²) in [6, 6.07) is 13.6. The van der Waals surface area contributed by atoms with Crippen molar-refractivity contribution in [2.45, 2.75) is 6.42 Å². The van der Waals surface area contributed by atoms with Crippen molar-refractivity contribution in [3.8, 4) is 0 Å². The molecular weight excluding hydrogens is 497 g/mol. The van der Waals surface area contributed by atoms with Crippen molar-refractivity contribution in [1.82, 2.24) is 0 Å². The Bertz CT molecular complexity index is 614. The second-order valence-electron chi connectivity index (χ2n) is 4.21. The quantitative estimate of drug-likeness (QED) is 0.444. The lowest BCUT2D eigenvalue weighted by atomic mass is 10.1. The van der Waals surface area contributed by atoms with Crippen molar-refractivity contribution >= 4 is 66.0 Å². The summed E-state index contributed by atoms with van der Waals surface area (Å²) in [6.07, 6.45) is 0.983. The number of amides is 1. The Balaban J connectivity index is 2.13. The van der Waals surface area contributed by atoms with Crippen molar-refractivity contribution in [3.63, 3.8) is 0 Å². The molecule has 0 bridgehead atoms. The van der Waals surface area contributed by atoms with Crippen LogP contribution in [0, 0.1) is 3.57 Å². The van der Waals surface area contributed by atoms with E-state index in [1.807, 2.05) is 42.5 Å². The summed E-state index contributed by atoms with van der Waals surface area (Å²) in [4.78, 5) is 12.2. The van der Waals surface area contributed by atoms with Crippen molar-refractivity contribution in [3.05, 3.63) is 61.6 Å². The van der Waals surface area contributed by atoms with Crippen LogP contribution in [0.4, 0.5) is 5.69 Å². The first-order valence-electron chi connectivity index (χ1n) is 6.01. The first kappa shape index (κ1) is 16.0. The molecule has 20 heavy (non-hydrogen) atoms. The van der Waals surface area contributed by atoms with Gasteiger partial charge in [0.1, 0.15) is 0 Å². The predicted molar refractivity (Wildman–Crippen MR) is 98.8 cm³/mol. The third-order valence-electron chi connectivity index (χ3n) is 2.77. The lowest BCUT2D eigenvalue weighted by molar-refractivity contribution is 0.102. The summed E-state index contributed by atoms with van der Waals surface area (Å²) >= 11 is 9.02. The first-order valence-corrected chi connectivity index (χ1v) is 9.01. The Labute approximate surface area is 148 Å². The zero-order chi connectivity index (χ0) is 14.5. The molecule has 0 atom stereocenters. The van der Waals surface area contributed by atoms with E-state index in [0.29, 0.717) is 5.56 Å². The molecule has 5 heteroatoms. The molecule has 0 aromatic heterocycles. The highest BCUT2D eigenvalue weighted by molar-refractivity contribution is 14.1. The van der Waals surface area contributed by atoms with E-state index >= 15 is 0 Å². The van der Waals surface area contributed by atoms with Crippen LogP contribution in [0.3, 0.4) is 0 Å². The minimum Gasteiger partial charge on any atom is -0.322 e. The predicted octanol–water partition coefficient (Wildman–Crippen LogP) is 5.24. The largest absolute Gasteiger partial charge is 0.322 e. The summed E-state index contributed by atoms with van der Waals surface area (Å²) in [6.45, 7) is 0. The smallest absolute Gasteiger partial charge is 0.256 e. The molecule has 104 valence electrons. The van der Waals surface area contributed by atoms with Crippen LogP contribution in [-0.2, 0) is 6.42 Å². The molecular formula is C15H12Br2INO. The van der Waals surface area contributed by atoms with Gasteiger partial charge in [-0.15, -0.1) is 0 Å². The fourth-order valence-corrected chi connectivity index (χ4v) is 3.11. The van der Waals surface area contributed by atoms with Gasteiger partial charge in [0.05, 0.1) is 5.56 Å². The molecule has 0 fully saturated rings. The monoisotopic (exact) mass is 507 g/mol. The van der Waals surface area contributed by atoms with Crippen molar-refractivity contribution < 1.29 is 4.79 Å². The Kier molecular flexibility index (Phi) is 6.04. The third kappa shape index (κ3) is 4.30. The van der Waals surface area contributed by atoms with Crippen LogP contribution in [0.1, 0.15) is 15.9 Å². The number of nitrogens with one attached hydrogen (secondary N) is 1. The maximum atomic E-state index is 12.2. The lowest BCUT2D eigenvalue weighted by Gasteiger charge is -2.08. The standard InChI is InChI=1S/C15H12Br2INO/c16-8-7-10-1-4-12(5-2-10)19-15(20)13-9-11(18)3-6-14(13)17/h1-6,9H,7-8H2,(H,19,20). The summed E-state index contributed by atoms with van der Waals surface area (Å²) in [7, 11) is 0. The highest BCUT2D eigenvalue weighted by Crippen LogP contribution is 2.21. The highest BCUT2D eigenvalue weighted by Gasteiger charge is 2.10. The number of carbonyl (C=O) groups is 1. The Morgan fingerprint density at radius 2 is 1.85 bits per heavy atom. The maximum absolute atomic E-state index is 12.2. The van der Waals surface area contributed by atoms with Gasteiger partial charge in [-0.05, 0) is 80.8 Å². The Hall–Kier alpha value is -0.400. The van der Waals surface area contributed by atoms with E-state index in [9.17, 15) is 4.79 Å². The molecule has 1 N–H and O–H groups in total. The average Bonchev–Trinajstić information content (AvgIpc) is 2.44. The minimum absolute atomic E-state index is 0.108. The summed E-state index contributed by atoms with van der Waals surface area (Å²) < 4.78 is 1.83. The number of anilines is 1. The molecule has 0 aliphatic rings. The number of hydrogen-bond donors (Lipinski definition) is 1. The van der Waals surface area contributed by atoms with E-state index < -0.39 is 0 Å². The maximum Gasteiger partial charge on any atom is 0.256 e. The molecule has 1 amide bonds. The van der Waals surface area contributed by atoms with Crippen LogP contribution in [0.5, 0.6) is 0 Å². The molecule has 0 aliphatic carbocycles. The van der Waals surface area contributed by atoms with E-state index in [0.717, 1.165) is 25.5 Å². The Morgan fingerprint density at radius 3 is 2.50 bits per heavy atom. The average molecular weight is 509 g/mol. The molecule has 0 spiro atoms. The van der Waals surface area contributed by atoms with Crippen LogP contribution < -0.4 is 5.32 Å². The van der Waals surface area contributed by atoms with Gasteiger partial charge in [0.25, 0.3) is 5.91 Å². The van der Waals surface area contributed by atoms with Crippen LogP contribution in [0.25, 0.3) is 0 Å². The third-order valence-corrected chi connectivity index (χ3v) is 4.53. The lowest BCUT2D eigenvalue weighted by Crippen LogP contribution is -2.12. The zero-order valence-electron chi connectivity index (χ0n) is 10.5. The second kappa shape index (κ2) is 7.56. The van der Waals surface area contributed by atoms with Crippen molar-refractivity contribution in [2.24, 2.45) is 0 Å². The van der Waals surface area contributed by atoms with Gasteiger partial charge in [-0.2, -0.15) is 0 Å². The van der Waals surface area contributed by atoms with Gasteiger partial charge in [-0.3, -0.25) is 4.79 Å². The minimum atomic E-state index is -0.108. The topological polar surface area (TPSA) is 29.1 Å². The molecule has 0 heterocycles. The fourth-order valence-electron chi connectivity index (χ4n) is 1.73. The zero-order valence-corrected chi connectivity index (χ0v) is 15.8. The van der Waals surface area contributed by atoms with Gasteiger partial charge in [0, 0.05) is 19.1 Å². The van der Waals surface area contributed by atoms with Gasteiger partial charge in [0.2, 0.25) is 0 Å². The molecule has 0 unspecified atom stereocenters. The summed E-state index contributed by atoms with van der Waals surface area (Å²) in [5, 5.41) is 3.85. The van der Waals surface area contributed by atoms with Crippen molar-refractivity contribution in [2.75, 3.05) is 10.6 Å². The number of aryl methyl sites for hydroxylation is 1. The van der Waals surface area contributed by atoms with Gasteiger partial charge in [-0.25, -0.2) is 0 Å².